The smallest absolute Gasteiger partial charge is 0.216 e. The molecule has 3 aromatic rings. The van der Waals surface area contributed by atoms with Crippen molar-refractivity contribution in [1.29, 1.82) is 0 Å². The maximum absolute atomic E-state index is 5.47. The number of aromatic amines is 1. The van der Waals surface area contributed by atoms with Crippen LogP contribution in [0.3, 0.4) is 0 Å². The molecule has 1 saturated heterocycles. The number of rotatable bonds is 9. The summed E-state index contributed by atoms with van der Waals surface area (Å²) in [6.07, 6.45) is 2.32. The van der Waals surface area contributed by atoms with Gasteiger partial charge in [0.2, 0.25) is 5.82 Å². The lowest BCUT2D eigenvalue weighted by atomic mass is 10.1. The first-order valence-corrected chi connectivity index (χ1v) is 11.2. The van der Waals surface area contributed by atoms with Crippen molar-refractivity contribution in [3.8, 4) is 11.6 Å². The topological polar surface area (TPSA) is 104 Å². The van der Waals surface area contributed by atoms with Gasteiger partial charge in [-0.1, -0.05) is 24.3 Å². The standard InChI is InChI=1S/C23H31N7O2/c1-2-24-23(25-10-9-21-27-22(29-28-21)20-8-5-13-32-20)26-16-18-6-3-4-7-19(18)17-30-11-14-31-15-12-30/h3-8,13H,2,9-12,14-17H2,1H3,(H2,24,25,26)(H,27,28,29). The zero-order chi connectivity index (χ0) is 22.0. The summed E-state index contributed by atoms with van der Waals surface area (Å²) in [5.74, 6) is 2.82. The molecule has 0 bridgehead atoms. The van der Waals surface area contributed by atoms with Crippen LogP contribution in [0.25, 0.3) is 11.6 Å². The second-order valence-electron chi connectivity index (χ2n) is 7.61. The Balaban J connectivity index is 1.32. The van der Waals surface area contributed by atoms with Crippen LogP contribution in [-0.2, 0) is 24.2 Å². The lowest BCUT2D eigenvalue weighted by Gasteiger charge is -2.27. The van der Waals surface area contributed by atoms with Crippen LogP contribution in [0.4, 0.5) is 0 Å². The van der Waals surface area contributed by atoms with Gasteiger partial charge in [-0.15, -0.1) is 0 Å². The Morgan fingerprint density at radius 1 is 1.12 bits per heavy atom. The lowest BCUT2D eigenvalue weighted by molar-refractivity contribution is 0.0341. The van der Waals surface area contributed by atoms with Crippen molar-refractivity contribution < 1.29 is 9.15 Å². The van der Waals surface area contributed by atoms with E-state index in [0.717, 1.165) is 51.2 Å². The molecule has 0 amide bonds. The average Bonchev–Trinajstić information content (AvgIpc) is 3.51. The van der Waals surface area contributed by atoms with Crippen molar-refractivity contribution >= 4 is 5.96 Å². The summed E-state index contributed by atoms with van der Waals surface area (Å²) < 4.78 is 10.8. The zero-order valence-corrected chi connectivity index (χ0v) is 18.5. The molecular weight excluding hydrogens is 406 g/mol. The summed E-state index contributed by atoms with van der Waals surface area (Å²) in [7, 11) is 0. The number of ether oxygens (including phenoxy) is 1. The van der Waals surface area contributed by atoms with Gasteiger partial charge in [0.25, 0.3) is 0 Å². The number of nitrogens with one attached hydrogen (secondary N) is 3. The number of aromatic nitrogens is 3. The molecule has 3 N–H and O–H groups in total. The van der Waals surface area contributed by atoms with Gasteiger partial charge in [-0.2, -0.15) is 5.10 Å². The van der Waals surface area contributed by atoms with E-state index < -0.39 is 0 Å². The molecule has 1 fully saturated rings. The summed E-state index contributed by atoms with van der Waals surface area (Å²) in [4.78, 5) is 11.7. The van der Waals surface area contributed by atoms with Gasteiger partial charge in [-0.3, -0.25) is 10.00 Å². The van der Waals surface area contributed by atoms with E-state index in [-0.39, 0.29) is 0 Å². The van der Waals surface area contributed by atoms with Gasteiger partial charge in [0.1, 0.15) is 5.82 Å². The van der Waals surface area contributed by atoms with Crippen molar-refractivity contribution in [2.45, 2.75) is 26.4 Å². The molecule has 1 aliphatic rings. The van der Waals surface area contributed by atoms with E-state index in [0.29, 0.717) is 31.1 Å². The van der Waals surface area contributed by atoms with Crippen LogP contribution in [-0.4, -0.2) is 65.4 Å². The third-order valence-corrected chi connectivity index (χ3v) is 5.30. The number of hydrogen-bond donors (Lipinski definition) is 3. The number of aliphatic imine (C=N–C) groups is 1. The molecular formula is C23H31N7O2. The first kappa shape index (κ1) is 22.0. The van der Waals surface area contributed by atoms with Crippen molar-refractivity contribution in [3.63, 3.8) is 0 Å². The number of morpholine rings is 1. The SMILES string of the molecule is CCNC(=NCc1ccccc1CN1CCOCC1)NCCc1nc(-c2ccco2)n[nH]1. The van der Waals surface area contributed by atoms with Gasteiger partial charge in [-0.25, -0.2) is 9.98 Å². The normalized spacial score (nSPS) is 15.1. The summed E-state index contributed by atoms with van der Waals surface area (Å²) in [5.41, 5.74) is 2.57. The molecule has 9 nitrogen and oxygen atoms in total. The Morgan fingerprint density at radius 3 is 2.75 bits per heavy atom. The Bertz CT molecular complexity index is 978. The van der Waals surface area contributed by atoms with Crippen molar-refractivity contribution in [1.82, 2.24) is 30.7 Å². The molecule has 0 radical (unpaired) electrons. The van der Waals surface area contributed by atoms with Crippen molar-refractivity contribution in [3.05, 3.63) is 59.6 Å². The van der Waals surface area contributed by atoms with E-state index in [1.807, 2.05) is 12.1 Å². The molecule has 4 rings (SSSR count). The zero-order valence-electron chi connectivity index (χ0n) is 18.5. The number of nitrogens with zero attached hydrogens (tertiary/aromatic N) is 4. The highest BCUT2D eigenvalue weighted by Crippen LogP contribution is 2.15. The molecule has 0 spiro atoms. The largest absolute Gasteiger partial charge is 0.461 e. The van der Waals surface area contributed by atoms with E-state index in [1.165, 1.54) is 11.1 Å². The molecule has 0 atom stereocenters. The van der Waals surface area contributed by atoms with Crippen LogP contribution >= 0.6 is 0 Å². The molecule has 32 heavy (non-hydrogen) atoms. The fourth-order valence-corrected chi connectivity index (χ4v) is 3.59. The summed E-state index contributed by atoms with van der Waals surface area (Å²) in [5, 5.41) is 13.9. The first-order valence-electron chi connectivity index (χ1n) is 11.2. The first-order chi connectivity index (χ1) is 15.8. The fourth-order valence-electron chi connectivity index (χ4n) is 3.59. The third kappa shape index (κ3) is 6.18. The summed E-state index contributed by atoms with van der Waals surface area (Å²) >= 11 is 0. The Kier molecular flexibility index (Phi) is 7.89. The van der Waals surface area contributed by atoms with Crippen molar-refractivity contribution in [2.75, 3.05) is 39.4 Å². The van der Waals surface area contributed by atoms with Gasteiger partial charge in [-0.05, 0) is 30.2 Å². The minimum atomic E-state index is 0.572. The second kappa shape index (κ2) is 11.4. The fraction of sp³-hybridized carbons (Fsp3) is 0.435. The van der Waals surface area contributed by atoms with Gasteiger partial charge < -0.3 is 19.8 Å². The Hall–Kier alpha value is -3.17. The summed E-state index contributed by atoms with van der Waals surface area (Å²) in [6, 6.07) is 12.2. The van der Waals surface area contributed by atoms with Crippen LogP contribution in [0.15, 0.2) is 52.1 Å². The van der Waals surface area contributed by atoms with E-state index in [4.69, 9.17) is 14.1 Å². The van der Waals surface area contributed by atoms with Gasteiger partial charge >= 0.3 is 0 Å². The van der Waals surface area contributed by atoms with E-state index in [9.17, 15) is 0 Å². The molecule has 0 saturated carbocycles. The minimum absolute atomic E-state index is 0.572. The predicted octanol–water partition coefficient (Wildman–Crippen LogP) is 2.19. The number of guanidine groups is 1. The molecule has 1 aliphatic heterocycles. The maximum Gasteiger partial charge on any atom is 0.216 e. The quantitative estimate of drug-likeness (QED) is 0.348. The van der Waals surface area contributed by atoms with Crippen LogP contribution < -0.4 is 10.6 Å². The van der Waals surface area contributed by atoms with Gasteiger partial charge in [0.05, 0.1) is 26.0 Å². The monoisotopic (exact) mass is 437 g/mol. The van der Waals surface area contributed by atoms with Crippen LogP contribution in [0.1, 0.15) is 23.9 Å². The Morgan fingerprint density at radius 2 is 1.97 bits per heavy atom. The van der Waals surface area contributed by atoms with Gasteiger partial charge in [0, 0.05) is 39.1 Å². The number of H-pyrrole nitrogens is 1. The van der Waals surface area contributed by atoms with E-state index >= 15 is 0 Å². The highest BCUT2D eigenvalue weighted by Gasteiger charge is 2.13. The molecule has 1 aromatic carbocycles. The molecule has 9 heteroatoms. The van der Waals surface area contributed by atoms with Gasteiger partial charge in [0.15, 0.2) is 11.7 Å². The minimum Gasteiger partial charge on any atom is -0.461 e. The molecule has 0 unspecified atom stereocenters. The average molecular weight is 438 g/mol. The summed E-state index contributed by atoms with van der Waals surface area (Å²) in [6.45, 7) is 8.68. The van der Waals surface area contributed by atoms with Crippen LogP contribution in [0, 0.1) is 0 Å². The third-order valence-electron chi connectivity index (χ3n) is 5.30. The molecule has 0 aliphatic carbocycles. The molecule has 170 valence electrons. The van der Waals surface area contributed by atoms with Crippen LogP contribution in [0.2, 0.25) is 0 Å². The number of hydrogen-bond acceptors (Lipinski definition) is 6. The maximum atomic E-state index is 5.47. The van der Waals surface area contributed by atoms with E-state index in [2.05, 4.69) is 61.9 Å². The highest BCUT2D eigenvalue weighted by molar-refractivity contribution is 5.79. The van der Waals surface area contributed by atoms with Crippen LogP contribution in [0.5, 0.6) is 0 Å². The molecule has 3 heterocycles. The predicted molar refractivity (Wildman–Crippen MR) is 123 cm³/mol. The number of furan rings is 1. The lowest BCUT2D eigenvalue weighted by Crippen LogP contribution is -2.38. The van der Waals surface area contributed by atoms with Crippen molar-refractivity contribution in [2.24, 2.45) is 4.99 Å². The second-order valence-corrected chi connectivity index (χ2v) is 7.61. The highest BCUT2D eigenvalue weighted by atomic mass is 16.5. The number of benzene rings is 1. The molecule has 2 aromatic heterocycles. The Labute approximate surface area is 188 Å². The van der Waals surface area contributed by atoms with E-state index in [1.54, 1.807) is 6.26 Å².